The highest BCUT2D eigenvalue weighted by Crippen LogP contribution is 2.15. The molecule has 0 radical (unpaired) electrons. The van der Waals surface area contributed by atoms with E-state index in [0.717, 1.165) is 5.56 Å². The maximum absolute atomic E-state index is 11.9. The first kappa shape index (κ1) is 14.3. The third-order valence-corrected chi connectivity index (χ3v) is 4.42. The van der Waals surface area contributed by atoms with Gasteiger partial charge in [-0.3, -0.25) is 4.72 Å². The lowest BCUT2D eigenvalue weighted by Gasteiger charge is -2.21. The van der Waals surface area contributed by atoms with E-state index in [-0.39, 0.29) is 6.04 Å². The molecule has 1 aromatic carbocycles. The van der Waals surface area contributed by atoms with Crippen LogP contribution in [0.5, 0.6) is 0 Å². The van der Waals surface area contributed by atoms with Gasteiger partial charge in [0, 0.05) is 19.0 Å². The molecule has 1 rings (SSSR count). The molecule has 0 fully saturated rings. The van der Waals surface area contributed by atoms with Crippen LogP contribution in [0.4, 0.5) is 5.69 Å². The van der Waals surface area contributed by atoms with Crippen LogP contribution < -0.4 is 4.72 Å². The van der Waals surface area contributed by atoms with Gasteiger partial charge < -0.3 is 0 Å². The molecular weight excluding hydrogens is 260 g/mol. The van der Waals surface area contributed by atoms with Gasteiger partial charge in [0.2, 0.25) is 0 Å². The van der Waals surface area contributed by atoms with Crippen LogP contribution in [0.1, 0.15) is 19.4 Å². The summed E-state index contributed by atoms with van der Waals surface area (Å²) in [5, 5.41) is 0. The van der Waals surface area contributed by atoms with Crippen LogP contribution in [-0.4, -0.2) is 25.8 Å². The van der Waals surface area contributed by atoms with Gasteiger partial charge in [0.1, 0.15) is 0 Å². The maximum Gasteiger partial charge on any atom is 0.301 e. The van der Waals surface area contributed by atoms with Gasteiger partial charge in [-0.05, 0) is 31.5 Å². The van der Waals surface area contributed by atoms with Crippen molar-refractivity contribution < 1.29 is 8.42 Å². The van der Waals surface area contributed by atoms with Gasteiger partial charge in [0.15, 0.2) is 0 Å². The summed E-state index contributed by atoms with van der Waals surface area (Å²) in [6.07, 6.45) is 0. The predicted molar refractivity (Wildman–Crippen MR) is 71.4 cm³/mol. The molecule has 0 aromatic heterocycles. The van der Waals surface area contributed by atoms with Crippen molar-refractivity contribution >= 4 is 27.5 Å². The molecule has 0 heterocycles. The van der Waals surface area contributed by atoms with Crippen LogP contribution in [0.3, 0.4) is 0 Å². The van der Waals surface area contributed by atoms with Crippen LogP contribution in [0.15, 0.2) is 24.3 Å². The van der Waals surface area contributed by atoms with Crippen LogP contribution in [-0.2, 0) is 16.1 Å². The zero-order chi connectivity index (χ0) is 13.1. The first-order chi connectivity index (χ1) is 7.86. The van der Waals surface area contributed by atoms with Gasteiger partial charge in [-0.15, -0.1) is 11.6 Å². The Morgan fingerprint density at radius 1 is 1.41 bits per heavy atom. The van der Waals surface area contributed by atoms with E-state index in [2.05, 4.69) is 4.72 Å². The van der Waals surface area contributed by atoms with E-state index in [0.29, 0.717) is 11.6 Å². The van der Waals surface area contributed by atoms with Crippen molar-refractivity contribution in [1.29, 1.82) is 0 Å². The second kappa shape index (κ2) is 5.71. The summed E-state index contributed by atoms with van der Waals surface area (Å²) in [5.41, 5.74) is 1.40. The van der Waals surface area contributed by atoms with E-state index in [4.69, 9.17) is 11.6 Å². The van der Waals surface area contributed by atoms with Crippen molar-refractivity contribution in [2.45, 2.75) is 25.8 Å². The van der Waals surface area contributed by atoms with Gasteiger partial charge in [0.05, 0.1) is 5.69 Å². The molecule has 0 spiro atoms. The second-order valence-electron chi connectivity index (χ2n) is 4.05. The van der Waals surface area contributed by atoms with E-state index in [1.165, 1.54) is 4.31 Å². The largest absolute Gasteiger partial charge is 0.301 e. The van der Waals surface area contributed by atoms with E-state index >= 15 is 0 Å². The van der Waals surface area contributed by atoms with Gasteiger partial charge in [-0.1, -0.05) is 12.1 Å². The molecule has 1 N–H and O–H groups in total. The monoisotopic (exact) mass is 276 g/mol. The molecule has 0 atom stereocenters. The Labute approximate surface area is 108 Å². The lowest BCUT2D eigenvalue weighted by molar-refractivity contribution is 0.414. The quantitative estimate of drug-likeness (QED) is 0.840. The van der Waals surface area contributed by atoms with E-state index in [1.54, 1.807) is 25.2 Å². The normalized spacial score (nSPS) is 12.1. The molecule has 0 amide bonds. The summed E-state index contributed by atoms with van der Waals surface area (Å²) in [6, 6.07) is 6.94. The van der Waals surface area contributed by atoms with Gasteiger partial charge in [-0.25, -0.2) is 0 Å². The number of halogens is 1. The number of hydrogen-bond donors (Lipinski definition) is 1. The Kier molecular flexibility index (Phi) is 4.80. The van der Waals surface area contributed by atoms with Gasteiger partial charge in [0.25, 0.3) is 0 Å². The Morgan fingerprint density at radius 2 is 2.06 bits per heavy atom. The van der Waals surface area contributed by atoms with Crippen molar-refractivity contribution in [2.24, 2.45) is 0 Å². The molecule has 1 aromatic rings. The van der Waals surface area contributed by atoms with Crippen LogP contribution in [0.25, 0.3) is 0 Å². The molecule has 0 unspecified atom stereocenters. The minimum atomic E-state index is -3.50. The van der Waals surface area contributed by atoms with E-state index in [9.17, 15) is 8.42 Å². The third kappa shape index (κ3) is 3.87. The molecule has 0 aliphatic rings. The average molecular weight is 277 g/mol. The van der Waals surface area contributed by atoms with Gasteiger partial charge >= 0.3 is 10.2 Å². The fraction of sp³-hybridized carbons (Fsp3) is 0.455. The number of anilines is 1. The van der Waals surface area contributed by atoms with Crippen molar-refractivity contribution in [2.75, 3.05) is 11.8 Å². The number of benzene rings is 1. The molecule has 0 saturated heterocycles. The number of rotatable bonds is 5. The Bertz CT molecular complexity index is 474. The fourth-order valence-electron chi connectivity index (χ4n) is 1.22. The summed E-state index contributed by atoms with van der Waals surface area (Å²) in [7, 11) is -1.96. The molecular formula is C11H17ClN2O2S. The summed E-state index contributed by atoms with van der Waals surface area (Å²) < 4.78 is 27.6. The maximum atomic E-state index is 11.9. The first-order valence-corrected chi connectivity index (χ1v) is 7.25. The molecule has 0 aliphatic carbocycles. The van der Waals surface area contributed by atoms with Crippen molar-refractivity contribution in [1.82, 2.24) is 4.31 Å². The highest BCUT2D eigenvalue weighted by atomic mass is 35.5. The summed E-state index contributed by atoms with van der Waals surface area (Å²) in [5.74, 6) is 0.357. The fourth-order valence-corrected chi connectivity index (χ4v) is 2.51. The molecule has 4 nitrogen and oxygen atoms in total. The van der Waals surface area contributed by atoms with Crippen LogP contribution in [0.2, 0.25) is 0 Å². The Hall–Kier alpha value is -0.780. The summed E-state index contributed by atoms with van der Waals surface area (Å²) in [4.78, 5) is 0. The molecule has 0 bridgehead atoms. The third-order valence-electron chi connectivity index (χ3n) is 2.43. The number of nitrogens with zero attached hydrogens (tertiary/aromatic N) is 1. The SMILES string of the molecule is CC(C)N(C)S(=O)(=O)Nc1cccc(CCl)c1. The average Bonchev–Trinajstić information content (AvgIpc) is 2.27. The molecule has 6 heteroatoms. The molecule has 0 saturated carbocycles. The topological polar surface area (TPSA) is 49.4 Å². The Morgan fingerprint density at radius 3 is 2.59 bits per heavy atom. The minimum absolute atomic E-state index is 0.0938. The first-order valence-electron chi connectivity index (χ1n) is 5.27. The second-order valence-corrected chi connectivity index (χ2v) is 6.05. The van der Waals surface area contributed by atoms with Crippen molar-refractivity contribution in [3.63, 3.8) is 0 Å². The van der Waals surface area contributed by atoms with Gasteiger partial charge in [-0.2, -0.15) is 12.7 Å². The molecule has 17 heavy (non-hydrogen) atoms. The minimum Gasteiger partial charge on any atom is -0.271 e. The van der Waals surface area contributed by atoms with E-state index in [1.807, 2.05) is 19.9 Å². The standard InChI is InChI=1S/C11H17ClN2O2S/c1-9(2)14(3)17(15,16)13-11-6-4-5-10(7-11)8-12/h4-7,9,13H,8H2,1-3H3. The highest BCUT2D eigenvalue weighted by molar-refractivity contribution is 7.90. The zero-order valence-electron chi connectivity index (χ0n) is 10.1. The number of nitrogens with one attached hydrogen (secondary N) is 1. The van der Waals surface area contributed by atoms with Crippen molar-refractivity contribution in [3.05, 3.63) is 29.8 Å². The smallest absolute Gasteiger partial charge is 0.271 e. The van der Waals surface area contributed by atoms with Crippen LogP contribution >= 0.6 is 11.6 Å². The number of alkyl halides is 1. The lowest BCUT2D eigenvalue weighted by Crippen LogP contribution is -2.37. The van der Waals surface area contributed by atoms with E-state index < -0.39 is 10.2 Å². The lowest BCUT2D eigenvalue weighted by atomic mass is 10.2. The summed E-state index contributed by atoms with van der Waals surface area (Å²) >= 11 is 5.70. The molecule has 96 valence electrons. The molecule has 0 aliphatic heterocycles. The zero-order valence-corrected chi connectivity index (χ0v) is 11.7. The Balaban J connectivity index is 2.90. The van der Waals surface area contributed by atoms with Crippen LogP contribution in [0, 0.1) is 0 Å². The number of hydrogen-bond acceptors (Lipinski definition) is 2. The highest BCUT2D eigenvalue weighted by Gasteiger charge is 2.20. The van der Waals surface area contributed by atoms with Crippen molar-refractivity contribution in [3.8, 4) is 0 Å². The predicted octanol–water partition coefficient (Wildman–Crippen LogP) is 2.42. The summed E-state index contributed by atoms with van der Waals surface area (Å²) in [6.45, 7) is 3.63.